The van der Waals surface area contributed by atoms with E-state index in [9.17, 15) is 0 Å². The van der Waals surface area contributed by atoms with Gasteiger partial charge >= 0.3 is 0 Å². The predicted molar refractivity (Wildman–Crippen MR) is 58.8 cm³/mol. The van der Waals surface area contributed by atoms with Crippen molar-refractivity contribution >= 4 is 0 Å². The van der Waals surface area contributed by atoms with Gasteiger partial charge in [-0.1, -0.05) is 6.92 Å². The fourth-order valence-electron chi connectivity index (χ4n) is 2.22. The number of nitrogens with two attached hydrogens (primary N) is 1. The summed E-state index contributed by atoms with van der Waals surface area (Å²) in [7, 11) is 0. The van der Waals surface area contributed by atoms with Crippen LogP contribution in [-0.2, 0) is 10.2 Å². The zero-order chi connectivity index (χ0) is 10.9. The Morgan fingerprint density at radius 2 is 2.20 bits per heavy atom. The van der Waals surface area contributed by atoms with E-state index in [0.29, 0.717) is 5.92 Å². The number of hydrogen-bond donors (Lipinski definition) is 1. The first-order valence-electron chi connectivity index (χ1n) is 5.54. The van der Waals surface area contributed by atoms with E-state index in [4.69, 9.17) is 14.9 Å². The van der Waals surface area contributed by atoms with Gasteiger partial charge in [0.15, 0.2) is 0 Å². The Hall–Kier alpha value is -0.800. The maximum absolute atomic E-state index is 5.74. The summed E-state index contributed by atoms with van der Waals surface area (Å²) in [6.07, 6.45) is 1.02. The second kappa shape index (κ2) is 3.99. The van der Waals surface area contributed by atoms with Gasteiger partial charge in [-0.2, -0.15) is 0 Å². The molecule has 3 heteroatoms. The van der Waals surface area contributed by atoms with Gasteiger partial charge in [-0.05, 0) is 37.9 Å². The Kier molecular flexibility index (Phi) is 2.85. The summed E-state index contributed by atoms with van der Waals surface area (Å²) >= 11 is 0. The molecule has 1 aliphatic rings. The molecule has 84 valence electrons. The first kappa shape index (κ1) is 10.7. The average Bonchev–Trinajstić information content (AvgIpc) is 2.51. The largest absolute Gasteiger partial charge is 0.466 e. The SMILES string of the molecule is Cc1ccc(C2(C(C)CCN)COC2)o1. The normalized spacial score (nSPS) is 21.0. The molecule has 1 saturated heterocycles. The van der Waals surface area contributed by atoms with E-state index in [1.807, 2.05) is 13.0 Å². The van der Waals surface area contributed by atoms with E-state index in [1.54, 1.807) is 0 Å². The Morgan fingerprint density at radius 3 is 2.60 bits per heavy atom. The van der Waals surface area contributed by atoms with Crippen LogP contribution in [0.5, 0.6) is 0 Å². The van der Waals surface area contributed by atoms with Crippen molar-refractivity contribution in [2.45, 2.75) is 25.7 Å². The van der Waals surface area contributed by atoms with Crippen LogP contribution in [0.3, 0.4) is 0 Å². The minimum atomic E-state index is 0.0770. The number of rotatable bonds is 4. The fraction of sp³-hybridized carbons (Fsp3) is 0.667. The van der Waals surface area contributed by atoms with Gasteiger partial charge < -0.3 is 14.9 Å². The van der Waals surface area contributed by atoms with Crippen molar-refractivity contribution in [1.29, 1.82) is 0 Å². The first-order chi connectivity index (χ1) is 7.19. The minimum Gasteiger partial charge on any atom is -0.466 e. The van der Waals surface area contributed by atoms with Crippen LogP contribution < -0.4 is 5.73 Å². The van der Waals surface area contributed by atoms with Gasteiger partial charge in [0.1, 0.15) is 11.5 Å². The quantitative estimate of drug-likeness (QED) is 0.823. The van der Waals surface area contributed by atoms with E-state index in [0.717, 1.165) is 37.7 Å². The molecule has 1 unspecified atom stereocenters. The van der Waals surface area contributed by atoms with Crippen molar-refractivity contribution in [2.75, 3.05) is 19.8 Å². The second-order valence-electron chi connectivity index (χ2n) is 4.54. The summed E-state index contributed by atoms with van der Waals surface area (Å²) in [5.74, 6) is 2.55. The lowest BCUT2D eigenvalue weighted by Gasteiger charge is -2.44. The van der Waals surface area contributed by atoms with Gasteiger partial charge in [0.05, 0.1) is 18.6 Å². The second-order valence-corrected chi connectivity index (χ2v) is 4.54. The third kappa shape index (κ3) is 1.70. The van der Waals surface area contributed by atoms with Crippen LogP contribution in [0, 0.1) is 12.8 Å². The molecule has 0 spiro atoms. The van der Waals surface area contributed by atoms with E-state index >= 15 is 0 Å². The van der Waals surface area contributed by atoms with Crippen molar-refractivity contribution in [2.24, 2.45) is 11.7 Å². The standard InChI is InChI=1S/C12H19NO2/c1-9(5-6-13)12(7-14-8-12)11-4-3-10(2)15-11/h3-4,9H,5-8,13H2,1-2H3. The summed E-state index contributed by atoms with van der Waals surface area (Å²) < 4.78 is 11.1. The molecule has 0 radical (unpaired) electrons. The third-order valence-corrected chi connectivity index (χ3v) is 3.49. The summed E-state index contributed by atoms with van der Waals surface area (Å²) in [6, 6.07) is 4.09. The highest BCUT2D eigenvalue weighted by Gasteiger charge is 2.47. The van der Waals surface area contributed by atoms with Crippen molar-refractivity contribution in [3.8, 4) is 0 Å². The van der Waals surface area contributed by atoms with E-state index in [1.165, 1.54) is 0 Å². The monoisotopic (exact) mass is 209 g/mol. The van der Waals surface area contributed by atoms with Crippen LogP contribution in [-0.4, -0.2) is 19.8 Å². The van der Waals surface area contributed by atoms with Crippen molar-refractivity contribution < 1.29 is 9.15 Å². The zero-order valence-electron chi connectivity index (χ0n) is 9.45. The highest BCUT2D eigenvalue weighted by atomic mass is 16.5. The molecular formula is C12H19NO2. The Bertz CT molecular complexity index is 328. The number of aryl methyl sites for hydroxylation is 1. The summed E-state index contributed by atoms with van der Waals surface area (Å²) in [6.45, 7) is 6.46. The van der Waals surface area contributed by atoms with Crippen molar-refractivity contribution in [1.82, 2.24) is 0 Å². The van der Waals surface area contributed by atoms with Crippen LogP contribution in [0.4, 0.5) is 0 Å². The molecule has 1 aromatic rings. The Balaban J connectivity index is 2.21. The number of ether oxygens (including phenoxy) is 1. The third-order valence-electron chi connectivity index (χ3n) is 3.49. The van der Waals surface area contributed by atoms with E-state index < -0.39 is 0 Å². The fourth-order valence-corrected chi connectivity index (χ4v) is 2.22. The molecule has 1 aliphatic heterocycles. The minimum absolute atomic E-state index is 0.0770. The Labute approximate surface area is 90.6 Å². The molecule has 0 bridgehead atoms. The summed E-state index contributed by atoms with van der Waals surface area (Å²) in [4.78, 5) is 0. The van der Waals surface area contributed by atoms with Crippen LogP contribution in [0.1, 0.15) is 24.9 Å². The molecule has 1 fully saturated rings. The lowest BCUT2D eigenvalue weighted by molar-refractivity contribution is -0.0983. The van der Waals surface area contributed by atoms with E-state index in [-0.39, 0.29) is 5.41 Å². The van der Waals surface area contributed by atoms with Crippen molar-refractivity contribution in [3.05, 3.63) is 23.7 Å². The van der Waals surface area contributed by atoms with Gasteiger partial charge in [0, 0.05) is 0 Å². The molecule has 2 heterocycles. The molecule has 3 nitrogen and oxygen atoms in total. The average molecular weight is 209 g/mol. The molecule has 0 aromatic carbocycles. The Morgan fingerprint density at radius 1 is 1.47 bits per heavy atom. The maximum Gasteiger partial charge on any atom is 0.115 e. The van der Waals surface area contributed by atoms with Gasteiger partial charge in [-0.15, -0.1) is 0 Å². The van der Waals surface area contributed by atoms with Crippen LogP contribution in [0.2, 0.25) is 0 Å². The number of furan rings is 1. The van der Waals surface area contributed by atoms with Gasteiger partial charge in [0.25, 0.3) is 0 Å². The van der Waals surface area contributed by atoms with E-state index in [2.05, 4.69) is 13.0 Å². The molecule has 2 N–H and O–H groups in total. The molecule has 1 aromatic heterocycles. The highest BCUT2D eigenvalue weighted by Crippen LogP contribution is 2.41. The summed E-state index contributed by atoms with van der Waals surface area (Å²) in [5.41, 5.74) is 5.69. The van der Waals surface area contributed by atoms with Gasteiger partial charge in [0.2, 0.25) is 0 Å². The molecule has 0 saturated carbocycles. The lowest BCUT2D eigenvalue weighted by Crippen LogP contribution is -2.51. The zero-order valence-corrected chi connectivity index (χ0v) is 9.45. The lowest BCUT2D eigenvalue weighted by atomic mass is 9.71. The molecular weight excluding hydrogens is 190 g/mol. The maximum atomic E-state index is 5.74. The molecule has 15 heavy (non-hydrogen) atoms. The van der Waals surface area contributed by atoms with Gasteiger partial charge in [-0.25, -0.2) is 0 Å². The van der Waals surface area contributed by atoms with Crippen molar-refractivity contribution in [3.63, 3.8) is 0 Å². The topological polar surface area (TPSA) is 48.4 Å². The van der Waals surface area contributed by atoms with Gasteiger partial charge in [-0.3, -0.25) is 0 Å². The van der Waals surface area contributed by atoms with Crippen LogP contribution >= 0.6 is 0 Å². The molecule has 2 rings (SSSR count). The summed E-state index contributed by atoms with van der Waals surface area (Å²) in [5, 5.41) is 0. The molecule has 0 amide bonds. The van der Waals surface area contributed by atoms with Crippen LogP contribution in [0.25, 0.3) is 0 Å². The predicted octanol–water partition coefficient (Wildman–Crippen LogP) is 1.84. The first-order valence-corrected chi connectivity index (χ1v) is 5.54. The molecule has 0 aliphatic carbocycles. The molecule has 1 atom stereocenters. The highest BCUT2D eigenvalue weighted by molar-refractivity contribution is 5.21. The number of hydrogen-bond acceptors (Lipinski definition) is 3. The van der Waals surface area contributed by atoms with Crippen LogP contribution in [0.15, 0.2) is 16.5 Å². The smallest absolute Gasteiger partial charge is 0.115 e.